The second-order valence-corrected chi connectivity index (χ2v) is 38.0. The first-order valence-electron chi connectivity index (χ1n) is 50.3. The number of hydrogen-bond donors (Lipinski definition) is 0. The van der Waals surface area contributed by atoms with Gasteiger partial charge in [-0.05, 0) is 257 Å². The first kappa shape index (κ1) is 86.7. The third-order valence-corrected chi connectivity index (χ3v) is 29.3. The summed E-state index contributed by atoms with van der Waals surface area (Å²) in [4.78, 5) is 33.9. The Hall–Kier alpha value is -20.2. The monoisotopic (exact) mass is 1900 g/mol. The largest absolute Gasteiger partial charge is 0.309 e. The fourth-order valence-corrected chi connectivity index (χ4v) is 22.4. The van der Waals surface area contributed by atoms with E-state index in [1.165, 1.54) is 109 Å². The fourth-order valence-electron chi connectivity index (χ4n) is 22.4. The molecule has 0 N–H and O–H groups in total. The zero-order chi connectivity index (χ0) is 98.5. The van der Waals surface area contributed by atoms with Gasteiger partial charge in [0.05, 0.1) is 94.5 Å². The predicted molar refractivity (Wildman–Crippen MR) is 616 cm³/mol. The van der Waals surface area contributed by atoms with Gasteiger partial charge in [0.15, 0.2) is 0 Å². The molecule has 0 aliphatic rings. The van der Waals surface area contributed by atoms with Crippen LogP contribution in [-0.4, -0.2) is 62.3 Å². The molecule has 0 bridgehead atoms. The van der Waals surface area contributed by atoms with E-state index in [1.807, 2.05) is 80.4 Å². The highest BCUT2D eigenvalue weighted by Gasteiger charge is 2.25. The van der Waals surface area contributed by atoms with Gasteiger partial charge in [-0.3, -0.25) is 29.1 Å². The second kappa shape index (κ2) is 36.4. The average molecular weight is 1910 g/mol. The molecule has 0 unspecified atom stereocenters. The molecule has 698 valence electrons. The minimum Gasteiger partial charge on any atom is -0.309 e. The summed E-state index contributed by atoms with van der Waals surface area (Å²) in [5, 5.41) is 15.3. The lowest BCUT2D eigenvalue weighted by molar-refractivity contribution is 1.01. The lowest BCUT2D eigenvalue weighted by Gasteiger charge is -2.12. The van der Waals surface area contributed by atoms with Crippen molar-refractivity contribution in [3.05, 3.63) is 528 Å². The Bertz CT molecular complexity index is 10500. The molecule has 0 radical (unpaired) electrons. The van der Waals surface area contributed by atoms with Crippen molar-refractivity contribution in [3.8, 4) is 124 Å². The molecule has 13 nitrogen and oxygen atoms in total. The SMILES string of the molecule is Cc1cccc(-c2cccc(-n3c4ccncc4c4cc(-c5ccc6c(c5)c5cnccc5n6-c5ccccc5)ccc43)c2)n1.c1ccc(-c2ccc3c(c2)c2cc(-c4ccc5c(c4)c4ccccc4n5-c4cccc(-c5ccccn5)n4)ccc2n3-c2ccccc2)cc1.c1ccc(-c2cccc(-n3c4ccccc4c4ccc(-c5ccc6c7ccccc7n(-c7nc(-c8ccccc8)c8ccccc8n7)c6c5)cc43)c2)cc1. The van der Waals surface area contributed by atoms with Gasteiger partial charge in [0.25, 0.3) is 0 Å². The smallest absolute Gasteiger partial charge is 0.235 e. The quantitative estimate of drug-likeness (QED) is 0.106. The van der Waals surface area contributed by atoms with Gasteiger partial charge >= 0.3 is 0 Å². The van der Waals surface area contributed by atoms with Crippen molar-refractivity contribution in [1.82, 2.24) is 62.3 Å². The van der Waals surface area contributed by atoms with Crippen molar-refractivity contribution in [3.63, 3.8) is 0 Å². The van der Waals surface area contributed by atoms with E-state index in [1.54, 1.807) is 0 Å². The standard InChI is InChI=1S/C50H32N4.C46H30N4.C40H27N5/c1-3-14-33(15-4-1)35-18-13-19-38(30-35)53-45-24-11-8-20-39(45)41-28-26-36(31-47(41)53)37-27-29-42-40-21-9-12-25-46(40)54(48(42)32-37)50-51-44-23-10-7-22-43(44)49(52-50)34-16-5-2-6-17-34;1-3-12-31(13-4-1)32-21-24-43-38(28-32)39-30-34(22-25-44(39)49(43)35-14-5-2-6-15-35)33-23-26-45-37(29-33)36-16-7-8-19-42(36)50(45)46-20-11-18-41(48-46)40-17-9-10-27-47-40;1-26-7-5-12-36(43-26)29-8-6-11-31(21-29)45-38-16-14-28(23-33(38)35-25-42-20-18-40(35)45)27-13-15-37-32(22-27)34-24-41-19-17-39(34)44(37)30-9-3-2-4-10-30/h1-32H;1-30H;2-25H,1H3. The number of aryl methyl sites for hydroxylation is 1. The molecule has 0 fully saturated rings. The molecule has 0 aliphatic heterocycles. The maximum absolute atomic E-state index is 5.30. The number of hydrogen-bond acceptors (Lipinski definition) is 7. The first-order chi connectivity index (χ1) is 73.8. The molecular formula is C136H89N13. The molecule has 12 aromatic heterocycles. The molecule has 0 aliphatic carbocycles. The van der Waals surface area contributed by atoms with Crippen LogP contribution in [0, 0.1) is 6.92 Å². The number of nitrogens with zero attached hydrogens (tertiary/aromatic N) is 13. The summed E-state index contributed by atoms with van der Waals surface area (Å²) in [7, 11) is 0. The summed E-state index contributed by atoms with van der Waals surface area (Å²) in [5.41, 5.74) is 37.7. The number of aromatic nitrogens is 13. The molecule has 12 heterocycles. The molecule has 13 heteroatoms. The molecule has 30 rings (SSSR count). The molecule has 149 heavy (non-hydrogen) atoms. The van der Waals surface area contributed by atoms with Crippen LogP contribution >= 0.6 is 0 Å². The molecule has 18 aromatic carbocycles. The summed E-state index contributed by atoms with van der Waals surface area (Å²) in [6, 6.07) is 175. The summed E-state index contributed by atoms with van der Waals surface area (Å²) in [6.07, 6.45) is 9.50. The van der Waals surface area contributed by atoms with E-state index >= 15 is 0 Å². The minimum atomic E-state index is 0.657. The van der Waals surface area contributed by atoms with E-state index in [0.29, 0.717) is 5.95 Å². The van der Waals surface area contributed by atoms with E-state index in [-0.39, 0.29) is 0 Å². The van der Waals surface area contributed by atoms with Crippen molar-refractivity contribution < 1.29 is 0 Å². The van der Waals surface area contributed by atoms with Gasteiger partial charge in [-0.25, -0.2) is 15.0 Å². The van der Waals surface area contributed by atoms with Crippen LogP contribution in [0.4, 0.5) is 0 Å². The zero-order valence-corrected chi connectivity index (χ0v) is 81.0. The highest BCUT2D eigenvalue weighted by Crippen LogP contribution is 2.46. The third-order valence-electron chi connectivity index (χ3n) is 29.3. The van der Waals surface area contributed by atoms with Gasteiger partial charge in [-0.2, -0.15) is 0 Å². The number of para-hydroxylation sites is 6. The molecule has 0 atom stereocenters. The Morgan fingerprint density at radius 3 is 1.04 bits per heavy atom. The molecule has 0 saturated heterocycles. The van der Waals surface area contributed by atoms with Crippen molar-refractivity contribution in [2.24, 2.45) is 0 Å². The van der Waals surface area contributed by atoms with E-state index < -0.39 is 0 Å². The average Bonchev–Trinajstić information content (AvgIpc) is 1.59. The molecule has 0 spiro atoms. The Balaban J connectivity index is 0.000000108. The predicted octanol–water partition coefficient (Wildman–Crippen LogP) is 34.2. The molecular weight excluding hydrogens is 1820 g/mol. The topological polar surface area (TPSA) is 120 Å². The number of fused-ring (bicyclic) bond motifs is 19. The van der Waals surface area contributed by atoms with Crippen LogP contribution in [0.5, 0.6) is 0 Å². The van der Waals surface area contributed by atoms with Crippen LogP contribution in [0.25, 0.3) is 266 Å². The third kappa shape index (κ3) is 15.2. The van der Waals surface area contributed by atoms with E-state index in [0.717, 1.165) is 156 Å². The zero-order valence-electron chi connectivity index (χ0n) is 81.0. The second-order valence-electron chi connectivity index (χ2n) is 38.0. The molecule has 0 amide bonds. The van der Waals surface area contributed by atoms with Crippen LogP contribution in [0.1, 0.15) is 5.69 Å². The van der Waals surface area contributed by atoms with Crippen LogP contribution in [-0.2, 0) is 0 Å². The van der Waals surface area contributed by atoms with E-state index in [4.69, 9.17) is 19.9 Å². The number of pyridine rings is 5. The van der Waals surface area contributed by atoms with Gasteiger partial charge in [0.1, 0.15) is 5.82 Å². The van der Waals surface area contributed by atoms with Gasteiger partial charge in [0, 0.05) is 141 Å². The van der Waals surface area contributed by atoms with Crippen LogP contribution < -0.4 is 0 Å². The Morgan fingerprint density at radius 1 is 0.168 bits per heavy atom. The minimum absolute atomic E-state index is 0.657. The molecule has 0 saturated carbocycles. The normalized spacial score (nSPS) is 11.7. The van der Waals surface area contributed by atoms with Crippen molar-refractivity contribution in [2.75, 3.05) is 0 Å². The Morgan fingerprint density at radius 2 is 0.510 bits per heavy atom. The number of rotatable bonds is 14. The van der Waals surface area contributed by atoms with E-state index in [9.17, 15) is 0 Å². The van der Waals surface area contributed by atoms with Crippen LogP contribution in [0.3, 0.4) is 0 Å². The van der Waals surface area contributed by atoms with Crippen molar-refractivity contribution in [1.29, 1.82) is 0 Å². The summed E-state index contributed by atoms with van der Waals surface area (Å²) < 4.78 is 13.9. The van der Waals surface area contributed by atoms with Crippen LogP contribution in [0.15, 0.2) is 522 Å². The first-order valence-corrected chi connectivity index (χ1v) is 50.3. The van der Waals surface area contributed by atoms with Gasteiger partial charge in [0.2, 0.25) is 5.95 Å². The highest BCUT2D eigenvalue weighted by molar-refractivity contribution is 6.17. The Labute approximate surface area is 857 Å². The molecule has 30 aromatic rings. The highest BCUT2D eigenvalue weighted by atomic mass is 15.2. The van der Waals surface area contributed by atoms with Gasteiger partial charge in [-0.15, -0.1) is 0 Å². The van der Waals surface area contributed by atoms with Gasteiger partial charge < -0.3 is 18.3 Å². The lowest BCUT2D eigenvalue weighted by Crippen LogP contribution is -2.03. The van der Waals surface area contributed by atoms with Gasteiger partial charge in [-0.1, -0.05) is 297 Å². The summed E-state index contributed by atoms with van der Waals surface area (Å²) in [6.45, 7) is 2.03. The Kier molecular flexibility index (Phi) is 21.2. The van der Waals surface area contributed by atoms with E-state index in [2.05, 4.69) is 491 Å². The van der Waals surface area contributed by atoms with Crippen molar-refractivity contribution in [2.45, 2.75) is 6.92 Å². The maximum atomic E-state index is 5.30. The summed E-state index contributed by atoms with van der Waals surface area (Å²) >= 11 is 0. The lowest BCUT2D eigenvalue weighted by atomic mass is 9.99. The number of benzene rings is 18. The van der Waals surface area contributed by atoms with Crippen molar-refractivity contribution >= 4 is 142 Å². The summed E-state index contributed by atoms with van der Waals surface area (Å²) in [5.74, 6) is 1.53. The van der Waals surface area contributed by atoms with Crippen LogP contribution in [0.2, 0.25) is 0 Å². The maximum Gasteiger partial charge on any atom is 0.235 e. The fraction of sp³-hybridized carbons (Fsp3) is 0.00735.